The number of imidazole rings is 1. The number of aliphatic hydroxyl groups is 1. The molecular formula is C28H26N4O6. The van der Waals surface area contributed by atoms with Crippen molar-refractivity contribution in [1.29, 1.82) is 0 Å². The first-order valence-corrected chi connectivity index (χ1v) is 11.8. The van der Waals surface area contributed by atoms with Gasteiger partial charge in [0.1, 0.15) is 11.3 Å². The van der Waals surface area contributed by atoms with Crippen LogP contribution in [0.5, 0.6) is 17.2 Å². The van der Waals surface area contributed by atoms with Gasteiger partial charge in [-0.25, -0.2) is 4.98 Å². The van der Waals surface area contributed by atoms with Crippen LogP contribution in [0.3, 0.4) is 0 Å². The van der Waals surface area contributed by atoms with Crippen LogP contribution in [-0.2, 0) is 16.1 Å². The van der Waals surface area contributed by atoms with E-state index in [1.807, 2.05) is 12.1 Å². The van der Waals surface area contributed by atoms with Crippen molar-refractivity contribution in [3.05, 3.63) is 89.1 Å². The molecule has 1 aromatic carbocycles. The molecule has 1 aliphatic heterocycles. The first-order chi connectivity index (χ1) is 18.4. The summed E-state index contributed by atoms with van der Waals surface area (Å²) in [5.41, 5.74) is 2.59. The van der Waals surface area contributed by atoms with E-state index >= 15 is 0 Å². The van der Waals surface area contributed by atoms with E-state index in [1.165, 1.54) is 26.2 Å². The second-order valence-corrected chi connectivity index (χ2v) is 8.72. The number of carbonyl (C=O) groups is 2. The smallest absolute Gasteiger partial charge is 0.295 e. The number of hydrogen-bond donors (Lipinski definition) is 1. The summed E-state index contributed by atoms with van der Waals surface area (Å²) in [6.07, 6.45) is 4.99. The molecule has 1 aliphatic rings. The fourth-order valence-electron chi connectivity index (χ4n) is 4.86. The fourth-order valence-corrected chi connectivity index (χ4v) is 4.86. The van der Waals surface area contributed by atoms with Gasteiger partial charge in [0.2, 0.25) is 5.75 Å². The molecule has 1 fully saturated rings. The summed E-state index contributed by atoms with van der Waals surface area (Å²) in [7, 11) is 4.45. The zero-order chi connectivity index (χ0) is 27.0. The number of fused-ring (bicyclic) bond motifs is 1. The lowest BCUT2D eigenvalue weighted by molar-refractivity contribution is -0.140. The number of pyridine rings is 2. The summed E-state index contributed by atoms with van der Waals surface area (Å²) in [5.74, 6) is -0.830. The number of Topliss-reactive ketones (excluding diaryl/α,β-unsaturated/α-hetero) is 1. The van der Waals surface area contributed by atoms with E-state index < -0.39 is 17.7 Å². The van der Waals surface area contributed by atoms with Crippen LogP contribution in [0.25, 0.3) is 11.4 Å². The molecule has 0 saturated carbocycles. The molecule has 3 aromatic heterocycles. The van der Waals surface area contributed by atoms with Gasteiger partial charge < -0.3 is 24.2 Å². The van der Waals surface area contributed by atoms with Crippen LogP contribution >= 0.6 is 0 Å². The molecule has 1 amide bonds. The maximum atomic E-state index is 13.6. The zero-order valence-corrected chi connectivity index (χ0v) is 21.3. The molecular weight excluding hydrogens is 488 g/mol. The van der Waals surface area contributed by atoms with Gasteiger partial charge in [-0.15, -0.1) is 0 Å². The molecule has 4 heterocycles. The Kier molecular flexibility index (Phi) is 6.46. The molecule has 5 rings (SSSR count). The van der Waals surface area contributed by atoms with E-state index in [9.17, 15) is 14.7 Å². The highest BCUT2D eigenvalue weighted by Crippen LogP contribution is 2.46. The Labute approximate surface area is 218 Å². The van der Waals surface area contributed by atoms with Crippen LogP contribution in [0, 0.1) is 6.92 Å². The number of benzene rings is 1. The van der Waals surface area contributed by atoms with Gasteiger partial charge in [-0.2, -0.15) is 0 Å². The maximum Gasteiger partial charge on any atom is 0.295 e. The standard InChI is InChI=1S/C28H26N4O6/c1-16-23(31-11-6-5-9-21(31)30-16)25(33)22-24(18-12-19(36-2)27(38-4)20(13-18)37-3)32(28(35)26(22)34)15-17-8-7-10-29-14-17/h5-14,24,33H,15H2,1-4H3/b25-22+. The Balaban J connectivity index is 1.77. The lowest BCUT2D eigenvalue weighted by Crippen LogP contribution is -2.29. The Morgan fingerprint density at radius 1 is 1.03 bits per heavy atom. The molecule has 0 bridgehead atoms. The molecule has 1 atom stereocenters. The number of nitrogens with zero attached hydrogens (tertiary/aromatic N) is 4. The summed E-state index contributed by atoms with van der Waals surface area (Å²) >= 11 is 0. The van der Waals surface area contributed by atoms with Crippen LogP contribution in [-0.4, -0.2) is 57.4 Å². The van der Waals surface area contributed by atoms with Gasteiger partial charge in [-0.3, -0.25) is 19.0 Å². The molecule has 38 heavy (non-hydrogen) atoms. The Hall–Kier alpha value is -4.86. The molecule has 1 N–H and O–H groups in total. The summed E-state index contributed by atoms with van der Waals surface area (Å²) in [5, 5.41) is 11.7. The van der Waals surface area contributed by atoms with Gasteiger partial charge in [-0.1, -0.05) is 12.1 Å². The second kappa shape index (κ2) is 9.89. The maximum absolute atomic E-state index is 13.6. The van der Waals surface area contributed by atoms with Crippen LogP contribution in [0.2, 0.25) is 0 Å². The summed E-state index contributed by atoms with van der Waals surface area (Å²) in [6.45, 7) is 1.82. The highest BCUT2D eigenvalue weighted by molar-refractivity contribution is 6.46. The van der Waals surface area contributed by atoms with Crippen LogP contribution in [0.4, 0.5) is 0 Å². The van der Waals surface area contributed by atoms with Crippen molar-refractivity contribution in [3.8, 4) is 17.2 Å². The quantitative estimate of drug-likeness (QED) is 0.226. The van der Waals surface area contributed by atoms with Gasteiger partial charge in [0.25, 0.3) is 11.7 Å². The number of methoxy groups -OCH3 is 3. The van der Waals surface area contributed by atoms with Crippen molar-refractivity contribution >= 4 is 23.1 Å². The van der Waals surface area contributed by atoms with E-state index in [-0.39, 0.29) is 17.9 Å². The average molecular weight is 515 g/mol. The number of ether oxygens (including phenoxy) is 3. The van der Waals surface area contributed by atoms with Gasteiger partial charge in [0, 0.05) is 25.1 Å². The molecule has 10 nitrogen and oxygen atoms in total. The predicted molar refractivity (Wildman–Crippen MR) is 138 cm³/mol. The van der Waals surface area contributed by atoms with E-state index in [4.69, 9.17) is 14.2 Å². The fraction of sp³-hybridized carbons (Fsp3) is 0.214. The summed E-state index contributed by atoms with van der Waals surface area (Å²) in [4.78, 5) is 37.1. The van der Waals surface area contributed by atoms with E-state index in [0.717, 1.165) is 5.56 Å². The minimum absolute atomic E-state index is 0.0677. The van der Waals surface area contributed by atoms with E-state index in [0.29, 0.717) is 39.8 Å². The highest BCUT2D eigenvalue weighted by atomic mass is 16.5. The van der Waals surface area contributed by atoms with Crippen LogP contribution in [0.15, 0.2) is 66.6 Å². The number of amides is 1. The number of aromatic nitrogens is 3. The lowest BCUT2D eigenvalue weighted by atomic mass is 9.95. The van der Waals surface area contributed by atoms with Crippen molar-refractivity contribution in [3.63, 3.8) is 0 Å². The number of likely N-dealkylation sites (tertiary alicyclic amines) is 1. The summed E-state index contributed by atoms with van der Waals surface area (Å²) < 4.78 is 18.2. The topological polar surface area (TPSA) is 115 Å². The highest BCUT2D eigenvalue weighted by Gasteiger charge is 2.47. The van der Waals surface area contributed by atoms with Gasteiger partial charge in [0.05, 0.1) is 38.6 Å². The minimum Gasteiger partial charge on any atom is -0.505 e. The largest absolute Gasteiger partial charge is 0.505 e. The third-order valence-corrected chi connectivity index (χ3v) is 6.55. The molecule has 10 heteroatoms. The van der Waals surface area contributed by atoms with Crippen LogP contribution < -0.4 is 14.2 Å². The second-order valence-electron chi connectivity index (χ2n) is 8.72. The average Bonchev–Trinajstić information content (AvgIpc) is 3.40. The molecule has 0 aliphatic carbocycles. The number of hydrogen-bond acceptors (Lipinski definition) is 8. The predicted octanol–water partition coefficient (Wildman–Crippen LogP) is 3.69. The van der Waals surface area contributed by atoms with Crippen molar-refractivity contribution in [2.75, 3.05) is 21.3 Å². The lowest BCUT2D eigenvalue weighted by Gasteiger charge is -2.26. The Bertz CT molecular complexity index is 1550. The van der Waals surface area contributed by atoms with Crippen molar-refractivity contribution < 1.29 is 28.9 Å². The first-order valence-electron chi connectivity index (χ1n) is 11.8. The number of ketones is 1. The van der Waals surface area contributed by atoms with Crippen molar-refractivity contribution in [1.82, 2.24) is 19.3 Å². The summed E-state index contributed by atoms with van der Waals surface area (Å²) in [6, 6.07) is 11.4. The van der Waals surface area contributed by atoms with Gasteiger partial charge in [0.15, 0.2) is 17.3 Å². The molecule has 0 radical (unpaired) electrons. The molecule has 194 valence electrons. The minimum atomic E-state index is -0.961. The molecule has 4 aromatic rings. The number of carbonyl (C=O) groups excluding carboxylic acids is 2. The van der Waals surface area contributed by atoms with E-state index in [2.05, 4.69) is 9.97 Å². The number of rotatable bonds is 7. The Morgan fingerprint density at radius 2 is 1.76 bits per heavy atom. The van der Waals surface area contributed by atoms with Crippen LogP contribution in [0.1, 0.15) is 28.6 Å². The monoisotopic (exact) mass is 514 g/mol. The molecule has 0 spiro atoms. The number of aryl methyl sites for hydroxylation is 1. The number of aliphatic hydroxyl groups excluding tert-OH is 1. The normalized spacial score (nSPS) is 16.7. The van der Waals surface area contributed by atoms with Crippen molar-refractivity contribution in [2.24, 2.45) is 0 Å². The SMILES string of the molecule is COc1cc(C2/C(=C(\O)c3c(C)nc4ccccn34)C(=O)C(=O)N2Cc2cccnc2)cc(OC)c1OC. The van der Waals surface area contributed by atoms with E-state index in [1.54, 1.807) is 60.2 Å². The zero-order valence-electron chi connectivity index (χ0n) is 21.3. The third kappa shape index (κ3) is 4.00. The molecule has 1 saturated heterocycles. The first kappa shape index (κ1) is 24.8. The van der Waals surface area contributed by atoms with Crippen molar-refractivity contribution in [2.45, 2.75) is 19.5 Å². The molecule has 1 unspecified atom stereocenters. The van der Waals surface area contributed by atoms with Gasteiger partial charge >= 0.3 is 0 Å². The Morgan fingerprint density at radius 3 is 2.39 bits per heavy atom. The third-order valence-electron chi connectivity index (χ3n) is 6.55. The van der Waals surface area contributed by atoms with Gasteiger partial charge in [-0.05, 0) is 48.4 Å².